The number of hydrogen-bond donors (Lipinski definition) is 0. The van der Waals surface area contributed by atoms with Crippen LogP contribution in [0.5, 0.6) is 0 Å². The van der Waals surface area contributed by atoms with E-state index in [1.807, 2.05) is 27.0 Å². The van der Waals surface area contributed by atoms with E-state index in [2.05, 4.69) is 4.90 Å². The Morgan fingerprint density at radius 2 is 1.68 bits per heavy atom. The summed E-state index contributed by atoms with van der Waals surface area (Å²) in [6, 6.07) is 11.4. The molecule has 6 heteroatoms. The van der Waals surface area contributed by atoms with E-state index < -0.39 is 10.0 Å². The molecule has 0 saturated carbocycles. The molecular weight excluding hydrogens is 339 g/mol. The van der Waals surface area contributed by atoms with Crippen molar-refractivity contribution < 1.29 is 12.8 Å². The van der Waals surface area contributed by atoms with Crippen LogP contribution in [0.2, 0.25) is 0 Å². The van der Waals surface area contributed by atoms with Crippen LogP contribution in [0.15, 0.2) is 47.4 Å². The molecule has 0 aromatic heterocycles. The zero-order chi connectivity index (χ0) is 18.2. The molecule has 0 spiro atoms. The number of piperazine rings is 1. The van der Waals surface area contributed by atoms with Gasteiger partial charge in [0.05, 0.1) is 4.90 Å². The van der Waals surface area contributed by atoms with Gasteiger partial charge in [-0.25, -0.2) is 12.8 Å². The summed E-state index contributed by atoms with van der Waals surface area (Å²) in [5.41, 5.74) is 2.95. The molecule has 1 aliphatic heterocycles. The van der Waals surface area contributed by atoms with E-state index in [1.165, 1.54) is 16.4 Å². The molecule has 25 heavy (non-hydrogen) atoms. The average Bonchev–Trinajstić information content (AvgIpc) is 2.58. The first-order chi connectivity index (χ1) is 11.8. The van der Waals surface area contributed by atoms with E-state index >= 15 is 0 Å². The van der Waals surface area contributed by atoms with Gasteiger partial charge in [-0.2, -0.15) is 4.31 Å². The first kappa shape index (κ1) is 18.0. The van der Waals surface area contributed by atoms with Gasteiger partial charge in [-0.3, -0.25) is 4.90 Å². The van der Waals surface area contributed by atoms with Gasteiger partial charge in [-0.15, -0.1) is 0 Å². The third kappa shape index (κ3) is 3.61. The van der Waals surface area contributed by atoms with Crippen molar-refractivity contribution >= 4 is 10.0 Å². The van der Waals surface area contributed by atoms with Crippen LogP contribution >= 0.6 is 0 Å². The van der Waals surface area contributed by atoms with Gasteiger partial charge in [0, 0.05) is 25.7 Å². The number of halogens is 1. The van der Waals surface area contributed by atoms with Crippen LogP contribution in [0.25, 0.3) is 0 Å². The highest BCUT2D eigenvalue weighted by atomic mass is 32.2. The molecule has 0 radical (unpaired) electrons. The van der Waals surface area contributed by atoms with Gasteiger partial charge in [0.15, 0.2) is 0 Å². The molecule has 3 rings (SSSR count). The van der Waals surface area contributed by atoms with E-state index in [1.54, 1.807) is 24.3 Å². The van der Waals surface area contributed by atoms with Crippen LogP contribution in [-0.2, 0) is 10.0 Å². The van der Waals surface area contributed by atoms with E-state index in [-0.39, 0.29) is 11.9 Å². The van der Waals surface area contributed by atoms with Gasteiger partial charge in [-0.05, 0) is 61.9 Å². The van der Waals surface area contributed by atoms with Gasteiger partial charge < -0.3 is 0 Å². The second-order valence-electron chi connectivity index (χ2n) is 6.66. The highest BCUT2D eigenvalue weighted by Crippen LogP contribution is 2.28. The van der Waals surface area contributed by atoms with Crippen LogP contribution in [0, 0.1) is 19.7 Å². The number of rotatable bonds is 3. The number of aryl methyl sites for hydroxylation is 2. The van der Waals surface area contributed by atoms with Crippen LogP contribution in [0.3, 0.4) is 0 Å². The lowest BCUT2D eigenvalue weighted by Crippen LogP contribution is -2.48. The molecular formula is C19H23FN2O2S. The fourth-order valence-electron chi connectivity index (χ4n) is 3.14. The second-order valence-corrected chi connectivity index (χ2v) is 8.60. The maximum absolute atomic E-state index is 13.2. The SMILES string of the molecule is Cc1ccc(S(=O)(=O)N2CCN(C)C(c3ccc(F)cc3)C2)cc1C. The van der Waals surface area contributed by atoms with E-state index in [9.17, 15) is 12.8 Å². The molecule has 1 saturated heterocycles. The Bertz CT molecular complexity index is 865. The second kappa shape index (κ2) is 6.86. The first-order valence-electron chi connectivity index (χ1n) is 8.32. The summed E-state index contributed by atoms with van der Waals surface area (Å²) in [6.45, 7) is 5.32. The molecule has 1 fully saturated rings. The lowest BCUT2D eigenvalue weighted by molar-refractivity contribution is 0.148. The third-order valence-corrected chi connectivity index (χ3v) is 6.84. The van der Waals surface area contributed by atoms with Crippen LogP contribution < -0.4 is 0 Å². The topological polar surface area (TPSA) is 40.6 Å². The Morgan fingerprint density at radius 1 is 1.00 bits per heavy atom. The smallest absolute Gasteiger partial charge is 0.243 e. The molecule has 1 heterocycles. The van der Waals surface area contributed by atoms with Crippen LogP contribution in [0.4, 0.5) is 4.39 Å². The minimum Gasteiger partial charge on any atom is -0.297 e. The zero-order valence-electron chi connectivity index (χ0n) is 14.7. The maximum atomic E-state index is 13.2. The van der Waals surface area contributed by atoms with E-state index in [0.29, 0.717) is 24.5 Å². The largest absolute Gasteiger partial charge is 0.297 e. The number of likely N-dealkylation sites (N-methyl/N-ethyl adjacent to an activating group) is 1. The molecule has 1 unspecified atom stereocenters. The predicted molar refractivity (Wildman–Crippen MR) is 96.4 cm³/mol. The monoisotopic (exact) mass is 362 g/mol. The molecule has 4 nitrogen and oxygen atoms in total. The number of sulfonamides is 1. The van der Waals surface area contributed by atoms with Gasteiger partial charge in [-0.1, -0.05) is 18.2 Å². The Hall–Kier alpha value is -1.76. The molecule has 0 amide bonds. The summed E-state index contributed by atoms with van der Waals surface area (Å²) in [6.07, 6.45) is 0. The molecule has 1 atom stereocenters. The quantitative estimate of drug-likeness (QED) is 0.842. The van der Waals surface area contributed by atoms with Gasteiger partial charge in [0.1, 0.15) is 5.82 Å². The zero-order valence-corrected chi connectivity index (χ0v) is 15.6. The standard InChI is InChI=1S/C19H23FN2O2S/c1-14-4-9-18(12-15(14)2)25(23,24)22-11-10-21(3)19(13-22)16-5-7-17(20)8-6-16/h4-9,12,19H,10-11,13H2,1-3H3. The highest BCUT2D eigenvalue weighted by molar-refractivity contribution is 7.89. The summed E-state index contributed by atoms with van der Waals surface area (Å²) in [4.78, 5) is 2.44. The summed E-state index contributed by atoms with van der Waals surface area (Å²) < 4.78 is 40.8. The Kier molecular flexibility index (Phi) is 4.95. The Morgan fingerprint density at radius 3 is 2.32 bits per heavy atom. The third-order valence-electron chi connectivity index (χ3n) is 4.98. The molecule has 1 aliphatic rings. The van der Waals surface area contributed by atoms with Crippen molar-refractivity contribution in [2.24, 2.45) is 0 Å². The fourth-order valence-corrected chi connectivity index (χ4v) is 4.66. The molecule has 134 valence electrons. The van der Waals surface area contributed by atoms with E-state index in [4.69, 9.17) is 0 Å². The molecule has 2 aromatic rings. The average molecular weight is 362 g/mol. The summed E-state index contributed by atoms with van der Waals surface area (Å²) in [5.74, 6) is -0.290. The number of nitrogens with zero attached hydrogens (tertiary/aromatic N) is 2. The number of hydrogen-bond acceptors (Lipinski definition) is 3. The highest BCUT2D eigenvalue weighted by Gasteiger charge is 2.33. The van der Waals surface area contributed by atoms with Gasteiger partial charge in [0.2, 0.25) is 10.0 Å². The molecule has 0 bridgehead atoms. The first-order valence-corrected chi connectivity index (χ1v) is 9.76. The normalized spacial score (nSPS) is 19.9. The van der Waals surface area contributed by atoms with Crippen molar-refractivity contribution in [1.29, 1.82) is 0 Å². The summed E-state index contributed by atoms with van der Waals surface area (Å²) in [5, 5.41) is 0. The van der Waals surface area contributed by atoms with Crippen molar-refractivity contribution in [3.63, 3.8) is 0 Å². The Balaban J connectivity index is 1.89. The minimum absolute atomic E-state index is 0.0873. The number of benzene rings is 2. The Labute approximate surface area is 148 Å². The molecule has 0 N–H and O–H groups in total. The van der Waals surface area contributed by atoms with Gasteiger partial charge in [0.25, 0.3) is 0 Å². The summed E-state index contributed by atoms with van der Waals surface area (Å²) in [7, 11) is -1.57. The lowest BCUT2D eigenvalue weighted by atomic mass is 10.0. The predicted octanol–water partition coefficient (Wildman–Crippen LogP) is 3.12. The van der Waals surface area contributed by atoms with Crippen molar-refractivity contribution in [1.82, 2.24) is 9.21 Å². The van der Waals surface area contributed by atoms with E-state index in [0.717, 1.165) is 16.7 Å². The molecule has 2 aromatic carbocycles. The lowest BCUT2D eigenvalue weighted by Gasteiger charge is -2.39. The van der Waals surface area contributed by atoms with Crippen molar-refractivity contribution in [2.45, 2.75) is 24.8 Å². The van der Waals surface area contributed by atoms with Gasteiger partial charge >= 0.3 is 0 Å². The van der Waals surface area contributed by atoms with Crippen molar-refractivity contribution in [3.05, 3.63) is 65.0 Å². The maximum Gasteiger partial charge on any atom is 0.243 e. The van der Waals surface area contributed by atoms with Crippen LogP contribution in [-0.4, -0.2) is 44.3 Å². The van der Waals surface area contributed by atoms with Crippen molar-refractivity contribution in [2.75, 3.05) is 26.7 Å². The molecule has 0 aliphatic carbocycles. The summed E-state index contributed by atoms with van der Waals surface area (Å²) >= 11 is 0. The fraction of sp³-hybridized carbons (Fsp3) is 0.368. The van der Waals surface area contributed by atoms with Crippen LogP contribution in [0.1, 0.15) is 22.7 Å². The minimum atomic E-state index is -3.54. The van der Waals surface area contributed by atoms with Crippen molar-refractivity contribution in [3.8, 4) is 0 Å².